The van der Waals surface area contributed by atoms with Crippen molar-refractivity contribution in [3.8, 4) is 0 Å². The Kier molecular flexibility index (Phi) is 3.53. The van der Waals surface area contributed by atoms with Gasteiger partial charge in [0, 0.05) is 0 Å². The number of nitrogens with zero attached hydrogens (tertiary/aromatic N) is 3. The van der Waals surface area contributed by atoms with E-state index in [0.717, 1.165) is 0 Å². The van der Waals surface area contributed by atoms with Crippen LogP contribution < -0.4 is 0 Å². The van der Waals surface area contributed by atoms with Crippen LogP contribution in [0.5, 0.6) is 0 Å². The lowest BCUT2D eigenvalue weighted by Crippen LogP contribution is -2.32. The van der Waals surface area contributed by atoms with Gasteiger partial charge < -0.3 is 10.0 Å². The zero-order valence-corrected chi connectivity index (χ0v) is 6.74. The Hall–Kier alpha value is -1.00. The van der Waals surface area contributed by atoms with Crippen molar-refractivity contribution in [2.75, 3.05) is 14.2 Å². The highest BCUT2D eigenvalue weighted by atomic mass is 16.7. The van der Waals surface area contributed by atoms with Gasteiger partial charge in [0.1, 0.15) is 7.11 Å². The van der Waals surface area contributed by atoms with Gasteiger partial charge in [-0.05, 0) is 13.8 Å². The summed E-state index contributed by atoms with van der Waals surface area (Å²) in [7, 11) is 2.97. The van der Waals surface area contributed by atoms with Crippen LogP contribution in [0, 0.1) is 5.21 Å². The van der Waals surface area contributed by atoms with Crippen molar-refractivity contribution in [2.24, 2.45) is 5.28 Å². The van der Waals surface area contributed by atoms with E-state index >= 15 is 0 Å². The normalized spacial score (nSPS) is 11.9. The maximum Gasteiger partial charge on any atom is 0.232 e. The molecular weight excluding hydrogens is 134 g/mol. The first-order valence-corrected chi connectivity index (χ1v) is 3.03. The van der Waals surface area contributed by atoms with Crippen LogP contribution in [-0.4, -0.2) is 30.2 Å². The van der Waals surface area contributed by atoms with Crippen molar-refractivity contribution in [1.82, 2.24) is 5.01 Å². The maximum absolute atomic E-state index is 10.7. The average Bonchev–Trinajstić information content (AvgIpc) is 1.87. The van der Waals surface area contributed by atoms with Gasteiger partial charge in [0.25, 0.3) is 0 Å². The second-order valence-electron chi connectivity index (χ2n) is 2.18. The molecule has 0 spiro atoms. The van der Waals surface area contributed by atoms with Gasteiger partial charge in [0.2, 0.25) is 5.28 Å². The summed E-state index contributed by atoms with van der Waals surface area (Å²) in [6, 6.07) is 0.122. The fourth-order valence-corrected chi connectivity index (χ4v) is 0.325. The van der Waals surface area contributed by atoms with Crippen molar-refractivity contribution < 1.29 is 9.81 Å². The highest BCUT2D eigenvalue weighted by Crippen LogP contribution is 1.93. The molecule has 10 heavy (non-hydrogen) atoms. The number of hydrazine groups is 1. The molecule has 0 aliphatic carbocycles. The van der Waals surface area contributed by atoms with E-state index in [1.807, 2.05) is 13.8 Å². The standard InChI is InChI=1S/C5H13N3O2/c1-5(2)7(3)8(9)6-10-4/h5H,1-4H3. The summed E-state index contributed by atoms with van der Waals surface area (Å²) in [5, 5.41) is 15.3. The summed E-state index contributed by atoms with van der Waals surface area (Å²) in [4.78, 5) is 4.68. The van der Waals surface area contributed by atoms with E-state index in [4.69, 9.17) is 0 Å². The van der Waals surface area contributed by atoms with Crippen molar-refractivity contribution in [3.05, 3.63) is 5.21 Å². The van der Waals surface area contributed by atoms with Crippen LogP contribution in [0.1, 0.15) is 13.8 Å². The van der Waals surface area contributed by atoms with Gasteiger partial charge in [0.15, 0.2) is 0 Å². The molecule has 0 unspecified atom stereocenters. The molecule has 0 aromatic carbocycles. The molecule has 0 heterocycles. The number of rotatable bonds is 3. The average molecular weight is 147 g/mol. The lowest BCUT2D eigenvalue weighted by atomic mass is 10.4. The molecule has 5 heteroatoms. The van der Waals surface area contributed by atoms with Crippen LogP contribution in [0.2, 0.25) is 0 Å². The number of hydrogen-bond donors (Lipinski definition) is 0. The number of hydrogen-bond acceptors (Lipinski definition) is 3. The molecule has 60 valence electrons. The van der Waals surface area contributed by atoms with E-state index in [1.54, 1.807) is 7.05 Å². The molecule has 0 radical (unpaired) electrons. The molecule has 0 amide bonds. The van der Waals surface area contributed by atoms with E-state index in [0.29, 0.717) is 4.97 Å². The highest BCUT2D eigenvalue weighted by molar-refractivity contribution is 4.41. The molecule has 0 N–H and O–H groups in total. The van der Waals surface area contributed by atoms with Gasteiger partial charge in [0.05, 0.1) is 18.1 Å². The molecule has 0 rings (SSSR count). The van der Waals surface area contributed by atoms with Gasteiger partial charge in [-0.15, -0.1) is 5.01 Å². The lowest BCUT2D eigenvalue weighted by Gasteiger charge is -2.15. The predicted molar refractivity (Wildman–Crippen MR) is 36.0 cm³/mol. The second-order valence-corrected chi connectivity index (χ2v) is 2.18. The summed E-state index contributed by atoms with van der Waals surface area (Å²) >= 11 is 0. The van der Waals surface area contributed by atoms with E-state index in [9.17, 15) is 5.21 Å². The molecule has 0 fully saturated rings. The maximum atomic E-state index is 10.7. The minimum Gasteiger partial charge on any atom is -0.569 e. The molecule has 0 aromatic rings. The third kappa shape index (κ3) is 2.52. The van der Waals surface area contributed by atoms with E-state index in [1.165, 1.54) is 12.1 Å². The molecule has 0 saturated heterocycles. The first-order chi connectivity index (χ1) is 4.59. The Balaban J connectivity index is 3.93. The third-order valence-electron chi connectivity index (χ3n) is 1.17. The van der Waals surface area contributed by atoms with Crippen LogP contribution in [0.15, 0.2) is 5.28 Å². The van der Waals surface area contributed by atoms with Crippen LogP contribution in [0.3, 0.4) is 0 Å². The van der Waals surface area contributed by atoms with E-state index in [2.05, 4.69) is 10.1 Å². The minimum absolute atomic E-state index is 0.122. The quantitative estimate of drug-likeness (QED) is 0.336. The largest absolute Gasteiger partial charge is 0.569 e. The van der Waals surface area contributed by atoms with Gasteiger partial charge >= 0.3 is 0 Å². The van der Waals surface area contributed by atoms with E-state index in [-0.39, 0.29) is 6.04 Å². The Labute approximate surface area is 60.4 Å². The SMILES string of the molecule is CON=[N+]([O-])N(C)C(C)C. The fourth-order valence-electron chi connectivity index (χ4n) is 0.325. The first-order valence-electron chi connectivity index (χ1n) is 3.03. The van der Waals surface area contributed by atoms with Crippen molar-refractivity contribution in [2.45, 2.75) is 19.9 Å². The summed E-state index contributed by atoms with van der Waals surface area (Å²) in [6.45, 7) is 3.77. The molecule has 0 aliphatic rings. The van der Waals surface area contributed by atoms with Crippen LogP contribution >= 0.6 is 0 Å². The molecule has 0 aromatic heterocycles. The smallest absolute Gasteiger partial charge is 0.232 e. The summed E-state index contributed by atoms with van der Waals surface area (Å²) < 4.78 is 0. The highest BCUT2D eigenvalue weighted by Gasteiger charge is 2.09. The first kappa shape index (κ1) is 9.00. The summed E-state index contributed by atoms with van der Waals surface area (Å²) in [5.74, 6) is 0. The molecule has 0 bridgehead atoms. The Morgan fingerprint density at radius 3 is 2.40 bits per heavy atom. The Bertz CT molecular complexity index is 124. The molecule has 0 atom stereocenters. The van der Waals surface area contributed by atoms with Gasteiger partial charge in [-0.1, -0.05) is 0 Å². The Morgan fingerprint density at radius 2 is 2.10 bits per heavy atom. The Morgan fingerprint density at radius 1 is 1.60 bits per heavy atom. The molecule has 0 saturated carbocycles. The zero-order chi connectivity index (χ0) is 8.15. The van der Waals surface area contributed by atoms with Crippen LogP contribution in [-0.2, 0) is 4.84 Å². The second kappa shape index (κ2) is 3.92. The minimum atomic E-state index is 0.122. The van der Waals surface area contributed by atoms with Crippen molar-refractivity contribution in [1.29, 1.82) is 0 Å². The van der Waals surface area contributed by atoms with Crippen molar-refractivity contribution in [3.63, 3.8) is 0 Å². The molecule has 0 aliphatic heterocycles. The zero-order valence-electron chi connectivity index (χ0n) is 6.74. The van der Waals surface area contributed by atoms with Gasteiger partial charge in [-0.2, -0.15) is 0 Å². The topological polar surface area (TPSA) is 50.9 Å². The van der Waals surface area contributed by atoms with Gasteiger partial charge in [-0.3, -0.25) is 0 Å². The lowest BCUT2D eigenvalue weighted by molar-refractivity contribution is -0.710. The predicted octanol–water partition coefficient (Wildman–Crippen LogP) is 0.766. The van der Waals surface area contributed by atoms with Crippen LogP contribution in [0.25, 0.3) is 0 Å². The van der Waals surface area contributed by atoms with Crippen LogP contribution in [0.4, 0.5) is 0 Å². The fraction of sp³-hybridized carbons (Fsp3) is 1.00. The monoisotopic (exact) mass is 147 g/mol. The van der Waals surface area contributed by atoms with E-state index < -0.39 is 0 Å². The summed E-state index contributed by atoms with van der Waals surface area (Å²) in [5.41, 5.74) is 0. The third-order valence-corrected chi connectivity index (χ3v) is 1.17. The molecule has 5 nitrogen and oxygen atoms in total. The molecular formula is C5H13N3O2. The van der Waals surface area contributed by atoms with Gasteiger partial charge in [-0.25, -0.2) is 0 Å². The summed E-state index contributed by atoms with van der Waals surface area (Å²) in [6.07, 6.45) is 0. The van der Waals surface area contributed by atoms with Crippen molar-refractivity contribution >= 4 is 0 Å².